The number of unbranched alkanes of at least 4 members (excludes halogenated alkanes) is 3. The molecular weight excluding hydrogens is 618 g/mol. The smallest absolute Gasteiger partial charge is 0.321 e. The molecule has 6 N–H and O–H groups in total. The SMILES string of the molecule is Nc1cnc(Nc2cccc(NC(=O)N3CCCC3)c2)nc1NCCCCCCNC(=O)c1cccn(Cc2cccc(Cl)c2)c1=O. The molecular formula is C34H40ClN9O3. The number of nitrogens with one attached hydrogen (secondary N) is 4. The third-order valence-corrected chi connectivity index (χ3v) is 8.00. The Morgan fingerprint density at radius 1 is 0.915 bits per heavy atom. The fourth-order valence-corrected chi connectivity index (χ4v) is 5.51. The highest BCUT2D eigenvalue weighted by molar-refractivity contribution is 6.30. The first-order chi connectivity index (χ1) is 22.9. The van der Waals surface area contributed by atoms with E-state index in [1.54, 1.807) is 36.7 Å². The maximum atomic E-state index is 12.9. The number of amides is 3. The van der Waals surface area contributed by atoms with E-state index in [4.69, 9.17) is 17.3 Å². The quantitative estimate of drug-likeness (QED) is 0.108. The van der Waals surface area contributed by atoms with Gasteiger partial charge in [-0.3, -0.25) is 9.59 Å². The van der Waals surface area contributed by atoms with Crippen LogP contribution in [0.3, 0.4) is 0 Å². The van der Waals surface area contributed by atoms with Crippen molar-refractivity contribution in [3.8, 4) is 0 Å². The number of aromatic nitrogens is 3. The maximum absolute atomic E-state index is 12.9. The zero-order valence-corrected chi connectivity index (χ0v) is 26.9. The monoisotopic (exact) mass is 657 g/mol. The van der Waals surface area contributed by atoms with Crippen LogP contribution in [0.5, 0.6) is 0 Å². The van der Waals surface area contributed by atoms with Crippen LogP contribution in [0.15, 0.2) is 77.9 Å². The average molecular weight is 658 g/mol. The lowest BCUT2D eigenvalue weighted by Crippen LogP contribution is -2.33. The van der Waals surface area contributed by atoms with Crippen molar-refractivity contribution in [1.82, 2.24) is 24.8 Å². The first-order valence-electron chi connectivity index (χ1n) is 15.9. The minimum atomic E-state index is -0.376. The van der Waals surface area contributed by atoms with E-state index >= 15 is 0 Å². The van der Waals surface area contributed by atoms with E-state index in [-0.39, 0.29) is 23.1 Å². The van der Waals surface area contributed by atoms with Crippen LogP contribution in [0.1, 0.15) is 54.4 Å². The molecule has 0 saturated carbocycles. The Morgan fingerprint density at radius 2 is 1.68 bits per heavy atom. The van der Waals surface area contributed by atoms with Crippen molar-refractivity contribution < 1.29 is 9.59 Å². The number of pyridine rings is 1. The molecule has 1 saturated heterocycles. The molecule has 0 atom stereocenters. The topological polar surface area (TPSA) is 159 Å². The number of likely N-dealkylation sites (tertiary alicyclic amines) is 1. The fourth-order valence-electron chi connectivity index (χ4n) is 5.29. The number of rotatable bonds is 14. The van der Waals surface area contributed by atoms with E-state index in [2.05, 4.69) is 31.2 Å². The lowest BCUT2D eigenvalue weighted by Gasteiger charge is -2.16. The van der Waals surface area contributed by atoms with Crippen LogP contribution in [-0.2, 0) is 6.54 Å². The molecule has 0 unspecified atom stereocenters. The molecule has 1 aliphatic heterocycles. The van der Waals surface area contributed by atoms with Crippen LogP contribution in [-0.4, -0.2) is 57.6 Å². The summed E-state index contributed by atoms with van der Waals surface area (Å²) in [4.78, 5) is 48.6. The minimum absolute atomic E-state index is 0.0937. The number of nitrogen functional groups attached to an aromatic ring is 1. The molecule has 12 nitrogen and oxygen atoms in total. The normalized spacial score (nSPS) is 12.5. The second-order valence-electron chi connectivity index (χ2n) is 11.4. The van der Waals surface area contributed by atoms with Crippen molar-refractivity contribution in [3.05, 3.63) is 99.6 Å². The molecule has 0 radical (unpaired) electrons. The number of halogens is 1. The number of hydrogen-bond donors (Lipinski definition) is 5. The Kier molecular flexibility index (Phi) is 11.6. The first kappa shape index (κ1) is 33.3. The largest absolute Gasteiger partial charge is 0.394 e. The van der Waals surface area contributed by atoms with E-state index in [0.29, 0.717) is 47.8 Å². The summed E-state index contributed by atoms with van der Waals surface area (Å²) in [5.74, 6) is 0.548. The standard InChI is InChI=1S/C34H40ClN9O3/c35-25-11-7-10-24(20-25)23-44-19-9-14-28(32(44)46)31(45)38-16-4-2-1-3-15-37-30-29(36)22-39-33(42-30)40-26-12-8-13-27(21-26)41-34(47)43-17-5-6-18-43/h7-14,19-22H,1-6,15-18,23,36H2,(H,38,45)(H,41,47)(H2,37,39,40,42). The second-order valence-corrected chi connectivity index (χ2v) is 11.8. The number of nitrogens with two attached hydrogens (primary N) is 1. The van der Waals surface area contributed by atoms with Gasteiger partial charge in [0.05, 0.1) is 18.4 Å². The third kappa shape index (κ3) is 9.69. The van der Waals surface area contributed by atoms with Gasteiger partial charge < -0.3 is 36.5 Å². The Morgan fingerprint density at radius 3 is 2.49 bits per heavy atom. The minimum Gasteiger partial charge on any atom is -0.394 e. The van der Waals surface area contributed by atoms with Crippen LogP contribution in [0.25, 0.3) is 0 Å². The number of hydrogen-bond acceptors (Lipinski definition) is 8. The van der Waals surface area contributed by atoms with Gasteiger partial charge >= 0.3 is 6.03 Å². The number of carbonyl (C=O) groups is 2. The van der Waals surface area contributed by atoms with Crippen LogP contribution in [0.4, 0.5) is 33.6 Å². The summed E-state index contributed by atoms with van der Waals surface area (Å²) in [5.41, 5.74) is 8.64. The van der Waals surface area contributed by atoms with E-state index in [1.807, 2.05) is 41.3 Å². The highest BCUT2D eigenvalue weighted by Gasteiger charge is 2.18. The zero-order valence-electron chi connectivity index (χ0n) is 26.2. The van der Waals surface area contributed by atoms with Gasteiger partial charge in [-0.25, -0.2) is 9.78 Å². The van der Waals surface area contributed by atoms with Gasteiger partial charge in [0.25, 0.3) is 11.5 Å². The van der Waals surface area contributed by atoms with Gasteiger partial charge in [-0.05, 0) is 73.7 Å². The van der Waals surface area contributed by atoms with Gasteiger partial charge in [0, 0.05) is 48.8 Å². The molecule has 1 aliphatic rings. The Bertz CT molecular complexity index is 1740. The van der Waals surface area contributed by atoms with Crippen molar-refractivity contribution >= 4 is 52.4 Å². The molecule has 2 aromatic heterocycles. The van der Waals surface area contributed by atoms with Crippen LogP contribution >= 0.6 is 11.6 Å². The summed E-state index contributed by atoms with van der Waals surface area (Å²) >= 11 is 6.06. The Labute approximate surface area is 278 Å². The summed E-state index contributed by atoms with van der Waals surface area (Å²) in [5, 5.41) is 12.9. The molecule has 3 amide bonds. The summed E-state index contributed by atoms with van der Waals surface area (Å²) in [6.07, 6.45) is 8.80. The average Bonchev–Trinajstić information content (AvgIpc) is 3.60. The van der Waals surface area contributed by atoms with Crippen LogP contribution in [0.2, 0.25) is 5.02 Å². The van der Waals surface area contributed by atoms with Crippen molar-refractivity contribution in [2.45, 2.75) is 45.1 Å². The number of carbonyl (C=O) groups excluding carboxylic acids is 2. The highest BCUT2D eigenvalue weighted by atomic mass is 35.5. The summed E-state index contributed by atoms with van der Waals surface area (Å²) in [7, 11) is 0. The first-order valence-corrected chi connectivity index (χ1v) is 16.2. The molecule has 47 heavy (non-hydrogen) atoms. The van der Waals surface area contributed by atoms with Gasteiger partial charge in [-0.2, -0.15) is 4.98 Å². The number of nitrogens with zero attached hydrogens (tertiary/aromatic N) is 4. The summed E-state index contributed by atoms with van der Waals surface area (Å²) in [6, 6.07) is 17.9. The predicted molar refractivity (Wildman–Crippen MR) is 187 cm³/mol. The van der Waals surface area contributed by atoms with E-state index in [0.717, 1.165) is 62.9 Å². The van der Waals surface area contributed by atoms with Crippen molar-refractivity contribution in [2.24, 2.45) is 0 Å². The molecule has 0 spiro atoms. The summed E-state index contributed by atoms with van der Waals surface area (Å²) < 4.78 is 1.51. The molecule has 4 aromatic rings. The highest BCUT2D eigenvalue weighted by Crippen LogP contribution is 2.22. The number of anilines is 5. The van der Waals surface area contributed by atoms with Gasteiger partial charge in [0.2, 0.25) is 5.95 Å². The molecule has 1 fully saturated rings. The van der Waals surface area contributed by atoms with Gasteiger partial charge in [0.15, 0.2) is 5.82 Å². The third-order valence-electron chi connectivity index (χ3n) is 7.77. The molecule has 0 aliphatic carbocycles. The molecule has 5 rings (SSSR count). The molecule has 13 heteroatoms. The molecule has 3 heterocycles. The lowest BCUT2D eigenvalue weighted by molar-refractivity contribution is 0.0950. The van der Waals surface area contributed by atoms with Crippen molar-refractivity contribution in [3.63, 3.8) is 0 Å². The Hall–Kier alpha value is -5.10. The van der Waals surface area contributed by atoms with E-state index in [9.17, 15) is 14.4 Å². The molecule has 0 bridgehead atoms. The van der Waals surface area contributed by atoms with Crippen LogP contribution < -0.4 is 32.6 Å². The fraction of sp³-hybridized carbons (Fsp3) is 0.324. The van der Waals surface area contributed by atoms with Crippen molar-refractivity contribution in [1.29, 1.82) is 0 Å². The van der Waals surface area contributed by atoms with Gasteiger partial charge in [-0.1, -0.05) is 42.6 Å². The molecule has 246 valence electrons. The second kappa shape index (κ2) is 16.5. The maximum Gasteiger partial charge on any atom is 0.321 e. The van der Waals surface area contributed by atoms with Gasteiger partial charge in [-0.15, -0.1) is 0 Å². The van der Waals surface area contributed by atoms with Crippen molar-refractivity contribution in [2.75, 3.05) is 47.9 Å². The van der Waals surface area contributed by atoms with E-state index in [1.165, 1.54) is 4.57 Å². The van der Waals surface area contributed by atoms with Gasteiger partial charge in [0.1, 0.15) is 5.56 Å². The summed E-state index contributed by atoms with van der Waals surface area (Å²) in [6.45, 7) is 3.04. The zero-order chi connectivity index (χ0) is 33.0. The number of benzene rings is 2. The van der Waals surface area contributed by atoms with Crippen LogP contribution in [0, 0.1) is 0 Å². The predicted octanol–water partition coefficient (Wildman–Crippen LogP) is 5.70. The number of urea groups is 1. The Balaban J connectivity index is 1.01. The molecule has 2 aromatic carbocycles. The lowest BCUT2D eigenvalue weighted by atomic mass is 10.2. The van der Waals surface area contributed by atoms with E-state index < -0.39 is 0 Å².